The number of carbonyl (C=O) groups is 1. The van der Waals surface area contributed by atoms with Crippen molar-refractivity contribution in [1.82, 2.24) is 10.2 Å². The molecule has 2 aromatic carbocycles. The van der Waals surface area contributed by atoms with E-state index in [0.29, 0.717) is 13.0 Å². The van der Waals surface area contributed by atoms with E-state index >= 15 is 0 Å². The highest BCUT2D eigenvalue weighted by molar-refractivity contribution is 6.30. The van der Waals surface area contributed by atoms with Crippen molar-refractivity contribution >= 4 is 17.5 Å². The van der Waals surface area contributed by atoms with Gasteiger partial charge < -0.3 is 10.1 Å². The van der Waals surface area contributed by atoms with Gasteiger partial charge in [-0.1, -0.05) is 47.5 Å². The summed E-state index contributed by atoms with van der Waals surface area (Å²) in [6.07, 6.45) is 0.407. The van der Waals surface area contributed by atoms with Crippen molar-refractivity contribution in [3.63, 3.8) is 0 Å². The average molecular weight is 387 g/mol. The molecule has 1 atom stereocenters. The number of aryl methyl sites for hydroxylation is 2. The number of halogens is 1. The summed E-state index contributed by atoms with van der Waals surface area (Å²) in [5.74, 6) is 0.0518. The second-order valence-corrected chi connectivity index (χ2v) is 7.56. The Hall–Kier alpha value is -1.88. The second kappa shape index (κ2) is 9.36. The Morgan fingerprint density at radius 1 is 1.15 bits per heavy atom. The van der Waals surface area contributed by atoms with Gasteiger partial charge in [0.15, 0.2) is 0 Å². The lowest BCUT2D eigenvalue weighted by atomic mass is 10.0. The van der Waals surface area contributed by atoms with Gasteiger partial charge in [0.05, 0.1) is 25.7 Å². The minimum absolute atomic E-state index is 0.0518. The molecule has 27 heavy (non-hydrogen) atoms. The normalized spacial score (nSPS) is 16.1. The molecule has 3 rings (SSSR count). The SMILES string of the molecule is Cc1ccc(C)c(CC(=O)NCC(c2ccc(Cl)cc2)N2CCOCC2)c1. The predicted molar refractivity (Wildman–Crippen MR) is 109 cm³/mol. The van der Waals surface area contributed by atoms with Gasteiger partial charge in [0, 0.05) is 24.7 Å². The minimum Gasteiger partial charge on any atom is -0.379 e. The first-order valence-electron chi connectivity index (χ1n) is 9.43. The van der Waals surface area contributed by atoms with Crippen molar-refractivity contribution in [1.29, 1.82) is 0 Å². The van der Waals surface area contributed by atoms with Crippen LogP contribution in [0.25, 0.3) is 0 Å². The number of nitrogens with zero attached hydrogens (tertiary/aromatic N) is 1. The fraction of sp³-hybridized carbons (Fsp3) is 0.409. The quantitative estimate of drug-likeness (QED) is 0.823. The van der Waals surface area contributed by atoms with Gasteiger partial charge in [-0.15, -0.1) is 0 Å². The van der Waals surface area contributed by atoms with E-state index in [0.717, 1.165) is 48.0 Å². The summed E-state index contributed by atoms with van der Waals surface area (Å²) in [5, 5.41) is 3.85. The highest BCUT2D eigenvalue weighted by atomic mass is 35.5. The molecule has 1 saturated heterocycles. The number of ether oxygens (including phenoxy) is 1. The Kier molecular flexibility index (Phi) is 6.89. The number of hydrogen-bond donors (Lipinski definition) is 1. The van der Waals surface area contributed by atoms with E-state index in [1.165, 1.54) is 5.56 Å². The number of nitrogens with one attached hydrogen (secondary N) is 1. The van der Waals surface area contributed by atoms with Crippen LogP contribution in [0.2, 0.25) is 5.02 Å². The lowest BCUT2D eigenvalue weighted by Crippen LogP contribution is -2.44. The molecule has 1 aliphatic heterocycles. The summed E-state index contributed by atoms with van der Waals surface area (Å²) in [4.78, 5) is 14.9. The molecule has 1 aliphatic rings. The number of amides is 1. The van der Waals surface area contributed by atoms with Crippen molar-refractivity contribution in [2.24, 2.45) is 0 Å². The van der Waals surface area contributed by atoms with Crippen molar-refractivity contribution in [3.05, 3.63) is 69.7 Å². The van der Waals surface area contributed by atoms with Crippen LogP contribution in [0.15, 0.2) is 42.5 Å². The molecule has 1 N–H and O–H groups in total. The largest absolute Gasteiger partial charge is 0.379 e. The van der Waals surface area contributed by atoms with Gasteiger partial charge in [0.1, 0.15) is 0 Å². The highest BCUT2D eigenvalue weighted by Crippen LogP contribution is 2.23. The van der Waals surface area contributed by atoms with E-state index < -0.39 is 0 Å². The van der Waals surface area contributed by atoms with Gasteiger partial charge >= 0.3 is 0 Å². The molecule has 0 aliphatic carbocycles. The van der Waals surface area contributed by atoms with Crippen LogP contribution in [0.5, 0.6) is 0 Å². The maximum atomic E-state index is 12.6. The molecule has 0 bridgehead atoms. The van der Waals surface area contributed by atoms with Crippen LogP contribution >= 0.6 is 11.6 Å². The monoisotopic (exact) mass is 386 g/mol. The molecule has 1 heterocycles. The number of morpholine rings is 1. The number of carbonyl (C=O) groups excluding carboxylic acids is 1. The molecule has 144 valence electrons. The maximum absolute atomic E-state index is 12.6. The maximum Gasteiger partial charge on any atom is 0.224 e. The molecule has 1 fully saturated rings. The summed E-state index contributed by atoms with van der Waals surface area (Å²) in [7, 11) is 0. The molecule has 0 radical (unpaired) electrons. The lowest BCUT2D eigenvalue weighted by Gasteiger charge is -2.35. The van der Waals surface area contributed by atoms with Crippen LogP contribution in [0, 0.1) is 13.8 Å². The molecular weight excluding hydrogens is 360 g/mol. The number of hydrogen-bond acceptors (Lipinski definition) is 3. The fourth-order valence-corrected chi connectivity index (χ4v) is 3.59. The molecule has 0 spiro atoms. The van der Waals surface area contributed by atoms with Crippen LogP contribution in [-0.4, -0.2) is 43.7 Å². The van der Waals surface area contributed by atoms with E-state index in [1.807, 2.05) is 31.2 Å². The van der Waals surface area contributed by atoms with E-state index in [2.05, 4.69) is 35.3 Å². The first kappa shape index (κ1) is 19.9. The second-order valence-electron chi connectivity index (χ2n) is 7.13. The van der Waals surface area contributed by atoms with Gasteiger partial charge in [-0.3, -0.25) is 9.69 Å². The van der Waals surface area contributed by atoms with E-state index in [4.69, 9.17) is 16.3 Å². The van der Waals surface area contributed by atoms with Gasteiger partial charge in [0.2, 0.25) is 5.91 Å². The Morgan fingerprint density at radius 2 is 1.85 bits per heavy atom. The van der Waals surface area contributed by atoms with Crippen LogP contribution in [0.3, 0.4) is 0 Å². The Balaban J connectivity index is 1.67. The van der Waals surface area contributed by atoms with Crippen LogP contribution in [-0.2, 0) is 16.0 Å². The lowest BCUT2D eigenvalue weighted by molar-refractivity contribution is -0.120. The molecule has 1 amide bonds. The summed E-state index contributed by atoms with van der Waals surface area (Å²) < 4.78 is 5.48. The van der Waals surface area contributed by atoms with E-state index in [-0.39, 0.29) is 11.9 Å². The van der Waals surface area contributed by atoms with Gasteiger partial charge in [-0.25, -0.2) is 0 Å². The molecule has 5 heteroatoms. The molecule has 0 aromatic heterocycles. The smallest absolute Gasteiger partial charge is 0.224 e. The van der Waals surface area contributed by atoms with Crippen molar-refractivity contribution in [2.45, 2.75) is 26.3 Å². The Bertz CT molecular complexity index is 770. The van der Waals surface area contributed by atoms with Crippen molar-refractivity contribution in [2.75, 3.05) is 32.8 Å². The topological polar surface area (TPSA) is 41.6 Å². The number of rotatable bonds is 6. The van der Waals surface area contributed by atoms with Crippen molar-refractivity contribution in [3.8, 4) is 0 Å². The number of benzene rings is 2. The fourth-order valence-electron chi connectivity index (χ4n) is 3.47. The van der Waals surface area contributed by atoms with Gasteiger partial charge in [-0.2, -0.15) is 0 Å². The zero-order valence-electron chi connectivity index (χ0n) is 16.0. The third-order valence-corrected chi connectivity index (χ3v) is 5.34. The standard InChI is InChI=1S/C22H27ClN2O2/c1-16-3-4-17(2)19(13-16)14-22(26)24-15-21(25-9-11-27-12-10-25)18-5-7-20(23)8-6-18/h3-8,13,21H,9-12,14-15H2,1-2H3,(H,24,26). The third-order valence-electron chi connectivity index (χ3n) is 5.09. The Labute approximate surface area is 166 Å². The van der Waals surface area contributed by atoms with E-state index in [1.54, 1.807) is 0 Å². The summed E-state index contributed by atoms with van der Waals surface area (Å²) in [5.41, 5.74) is 4.57. The zero-order valence-corrected chi connectivity index (χ0v) is 16.8. The summed E-state index contributed by atoms with van der Waals surface area (Å²) in [6.45, 7) is 7.84. The average Bonchev–Trinajstić information content (AvgIpc) is 2.67. The summed E-state index contributed by atoms with van der Waals surface area (Å²) >= 11 is 6.04. The third kappa shape index (κ3) is 5.55. The first-order valence-corrected chi connectivity index (χ1v) is 9.81. The zero-order chi connectivity index (χ0) is 19.2. The molecule has 4 nitrogen and oxygen atoms in total. The van der Waals surface area contributed by atoms with Crippen molar-refractivity contribution < 1.29 is 9.53 Å². The predicted octanol–water partition coefficient (Wildman–Crippen LogP) is 3.69. The first-order chi connectivity index (χ1) is 13.0. The van der Waals surface area contributed by atoms with Crippen LogP contribution < -0.4 is 5.32 Å². The Morgan fingerprint density at radius 3 is 2.56 bits per heavy atom. The van der Waals surface area contributed by atoms with Gasteiger partial charge in [-0.05, 0) is 42.7 Å². The van der Waals surface area contributed by atoms with Crippen LogP contribution in [0.4, 0.5) is 0 Å². The highest BCUT2D eigenvalue weighted by Gasteiger charge is 2.23. The summed E-state index contributed by atoms with van der Waals surface area (Å²) in [6, 6.07) is 14.2. The van der Waals surface area contributed by atoms with Crippen LogP contribution in [0.1, 0.15) is 28.3 Å². The molecule has 1 unspecified atom stereocenters. The van der Waals surface area contributed by atoms with Gasteiger partial charge in [0.25, 0.3) is 0 Å². The molecule has 2 aromatic rings. The minimum atomic E-state index is 0.0518. The molecule has 0 saturated carbocycles. The molecular formula is C22H27ClN2O2. The van der Waals surface area contributed by atoms with E-state index in [9.17, 15) is 4.79 Å².